The Labute approximate surface area is 150 Å². The van der Waals surface area contributed by atoms with Gasteiger partial charge in [0, 0.05) is 23.7 Å². The van der Waals surface area contributed by atoms with Gasteiger partial charge in [-0.15, -0.1) is 0 Å². The van der Waals surface area contributed by atoms with E-state index in [0.717, 1.165) is 29.2 Å². The molecule has 0 aliphatic heterocycles. The van der Waals surface area contributed by atoms with Crippen molar-refractivity contribution in [3.05, 3.63) is 71.8 Å². The standard InChI is InChI=1S/C21H25N3O/c1-5-9-16(3)17(4)21(22-6-2)25-19-13-11-18(12-14-19)24-20-10-7-8-15-23-20/h6-15H,5H2,1-4H3,(H,23,24)/b16-9+,21-17-,22-6-. The van der Waals surface area contributed by atoms with Crippen LogP contribution < -0.4 is 10.1 Å². The minimum absolute atomic E-state index is 0.620. The van der Waals surface area contributed by atoms with Gasteiger partial charge < -0.3 is 10.1 Å². The van der Waals surface area contributed by atoms with Gasteiger partial charge in [-0.1, -0.05) is 19.1 Å². The highest BCUT2D eigenvalue weighted by Crippen LogP contribution is 2.23. The van der Waals surface area contributed by atoms with Crippen molar-refractivity contribution in [3.8, 4) is 5.75 Å². The quantitative estimate of drug-likeness (QED) is 0.390. The second kappa shape index (κ2) is 9.42. The van der Waals surface area contributed by atoms with Crippen molar-refractivity contribution in [1.82, 2.24) is 4.98 Å². The van der Waals surface area contributed by atoms with E-state index >= 15 is 0 Å². The van der Waals surface area contributed by atoms with Gasteiger partial charge in [0.2, 0.25) is 5.88 Å². The summed E-state index contributed by atoms with van der Waals surface area (Å²) >= 11 is 0. The van der Waals surface area contributed by atoms with E-state index in [0.29, 0.717) is 5.88 Å². The number of hydrogen-bond donors (Lipinski definition) is 1. The lowest BCUT2D eigenvalue weighted by Crippen LogP contribution is -1.99. The lowest BCUT2D eigenvalue weighted by atomic mass is 10.1. The Balaban J connectivity index is 2.15. The molecule has 1 aromatic heterocycles. The smallest absolute Gasteiger partial charge is 0.222 e. The fourth-order valence-corrected chi connectivity index (χ4v) is 2.25. The van der Waals surface area contributed by atoms with Crippen molar-refractivity contribution < 1.29 is 4.74 Å². The van der Waals surface area contributed by atoms with Crippen molar-refractivity contribution in [2.75, 3.05) is 5.32 Å². The molecule has 25 heavy (non-hydrogen) atoms. The topological polar surface area (TPSA) is 46.5 Å². The van der Waals surface area contributed by atoms with Crippen LogP contribution in [0.15, 0.2) is 76.8 Å². The van der Waals surface area contributed by atoms with Gasteiger partial charge in [-0.25, -0.2) is 9.98 Å². The Hall–Kier alpha value is -2.88. The van der Waals surface area contributed by atoms with Crippen LogP contribution in [0.4, 0.5) is 11.5 Å². The van der Waals surface area contributed by atoms with Crippen LogP contribution >= 0.6 is 0 Å². The predicted molar refractivity (Wildman–Crippen MR) is 106 cm³/mol. The zero-order valence-electron chi connectivity index (χ0n) is 15.3. The number of aromatic nitrogens is 1. The van der Waals surface area contributed by atoms with E-state index in [-0.39, 0.29) is 0 Å². The molecule has 0 radical (unpaired) electrons. The zero-order chi connectivity index (χ0) is 18.1. The third-order valence-corrected chi connectivity index (χ3v) is 3.68. The Morgan fingerprint density at radius 2 is 1.92 bits per heavy atom. The summed E-state index contributed by atoms with van der Waals surface area (Å²) in [6.07, 6.45) is 6.66. The number of nitrogens with one attached hydrogen (secondary N) is 1. The predicted octanol–water partition coefficient (Wildman–Crippen LogP) is 5.88. The maximum absolute atomic E-state index is 5.99. The maximum Gasteiger partial charge on any atom is 0.222 e. The number of anilines is 2. The van der Waals surface area contributed by atoms with Crippen molar-refractivity contribution in [2.24, 2.45) is 4.99 Å². The van der Waals surface area contributed by atoms with Crippen molar-refractivity contribution in [3.63, 3.8) is 0 Å². The van der Waals surface area contributed by atoms with E-state index in [9.17, 15) is 0 Å². The molecule has 0 spiro atoms. The van der Waals surface area contributed by atoms with E-state index in [1.807, 2.05) is 56.3 Å². The summed E-state index contributed by atoms with van der Waals surface area (Å²) in [7, 11) is 0. The molecular formula is C21H25N3O. The second-order valence-electron chi connectivity index (χ2n) is 5.58. The Kier molecular flexibility index (Phi) is 6.96. The molecule has 1 N–H and O–H groups in total. The highest BCUT2D eigenvalue weighted by molar-refractivity contribution is 5.57. The van der Waals surface area contributed by atoms with Crippen LogP contribution in [-0.2, 0) is 0 Å². The minimum Gasteiger partial charge on any atom is -0.439 e. The fourth-order valence-electron chi connectivity index (χ4n) is 2.25. The van der Waals surface area contributed by atoms with E-state index < -0.39 is 0 Å². The summed E-state index contributed by atoms with van der Waals surface area (Å²) in [6.45, 7) is 8.11. The molecule has 4 heteroatoms. The van der Waals surface area contributed by atoms with Gasteiger partial charge in [0.05, 0.1) is 0 Å². The molecule has 2 aromatic rings. The molecule has 130 valence electrons. The number of nitrogens with zero attached hydrogens (tertiary/aromatic N) is 2. The van der Waals surface area contributed by atoms with Gasteiger partial charge in [-0.3, -0.25) is 0 Å². The molecule has 0 unspecified atom stereocenters. The Bertz CT molecular complexity index is 759. The monoisotopic (exact) mass is 335 g/mol. The third-order valence-electron chi connectivity index (χ3n) is 3.68. The van der Waals surface area contributed by atoms with Gasteiger partial charge in [0.15, 0.2) is 0 Å². The highest BCUT2D eigenvalue weighted by Gasteiger charge is 2.06. The average molecular weight is 335 g/mol. The summed E-state index contributed by atoms with van der Waals surface area (Å²) in [4.78, 5) is 8.63. The molecule has 1 heterocycles. The van der Waals surface area contributed by atoms with Gasteiger partial charge in [0.1, 0.15) is 11.6 Å². The van der Waals surface area contributed by atoms with Crippen LogP contribution in [0.1, 0.15) is 34.1 Å². The first-order valence-electron chi connectivity index (χ1n) is 8.46. The summed E-state index contributed by atoms with van der Waals surface area (Å²) in [5.74, 6) is 2.18. The van der Waals surface area contributed by atoms with Crippen LogP contribution in [0.2, 0.25) is 0 Å². The summed E-state index contributed by atoms with van der Waals surface area (Å²) < 4.78 is 5.99. The van der Waals surface area contributed by atoms with E-state index in [1.165, 1.54) is 5.57 Å². The average Bonchev–Trinajstić information content (AvgIpc) is 2.63. The van der Waals surface area contributed by atoms with E-state index in [2.05, 4.69) is 35.2 Å². The third kappa shape index (κ3) is 5.60. The fraction of sp³-hybridized carbons (Fsp3) is 0.238. The second-order valence-corrected chi connectivity index (χ2v) is 5.58. The number of aliphatic imine (C=N–C) groups is 1. The molecule has 1 aromatic carbocycles. The lowest BCUT2D eigenvalue weighted by Gasteiger charge is -2.11. The molecule has 0 amide bonds. The minimum atomic E-state index is 0.620. The first-order valence-corrected chi connectivity index (χ1v) is 8.46. The molecule has 0 atom stereocenters. The number of pyridine rings is 1. The molecule has 2 rings (SSSR count). The van der Waals surface area contributed by atoms with E-state index in [1.54, 1.807) is 12.4 Å². The van der Waals surface area contributed by atoms with Crippen LogP contribution in [0, 0.1) is 0 Å². The normalized spacial score (nSPS) is 12.9. The summed E-state index contributed by atoms with van der Waals surface area (Å²) in [5, 5.41) is 3.25. The van der Waals surface area contributed by atoms with Gasteiger partial charge in [-0.2, -0.15) is 0 Å². The SMILES string of the molecule is C\C=N/C(Oc1ccc(Nc2ccccn2)cc1)=C(C)/C(C)=C/CC. The number of rotatable bonds is 7. The van der Waals surface area contributed by atoms with Crippen molar-refractivity contribution in [2.45, 2.75) is 34.1 Å². The molecular weight excluding hydrogens is 310 g/mol. The molecule has 0 fully saturated rings. The van der Waals surface area contributed by atoms with Gasteiger partial charge in [0.25, 0.3) is 0 Å². The van der Waals surface area contributed by atoms with E-state index in [4.69, 9.17) is 4.74 Å². The molecule has 0 bridgehead atoms. The van der Waals surface area contributed by atoms with Gasteiger partial charge >= 0.3 is 0 Å². The van der Waals surface area contributed by atoms with Crippen molar-refractivity contribution in [1.29, 1.82) is 0 Å². The Morgan fingerprint density at radius 3 is 2.52 bits per heavy atom. The molecule has 4 nitrogen and oxygen atoms in total. The molecule has 0 aliphatic rings. The van der Waals surface area contributed by atoms with Crippen LogP contribution in [-0.4, -0.2) is 11.2 Å². The number of hydrogen-bond acceptors (Lipinski definition) is 4. The number of ether oxygens (including phenoxy) is 1. The van der Waals surface area contributed by atoms with Crippen LogP contribution in [0.3, 0.4) is 0 Å². The van der Waals surface area contributed by atoms with Crippen LogP contribution in [0.25, 0.3) is 0 Å². The lowest BCUT2D eigenvalue weighted by molar-refractivity contribution is 0.416. The number of allylic oxidation sites excluding steroid dienone is 3. The largest absolute Gasteiger partial charge is 0.439 e. The molecule has 0 saturated heterocycles. The highest BCUT2D eigenvalue weighted by atomic mass is 16.5. The van der Waals surface area contributed by atoms with Crippen LogP contribution in [0.5, 0.6) is 5.75 Å². The first kappa shape index (κ1) is 18.5. The molecule has 0 aliphatic carbocycles. The van der Waals surface area contributed by atoms with Gasteiger partial charge in [-0.05, 0) is 69.2 Å². The zero-order valence-corrected chi connectivity index (χ0v) is 15.3. The summed E-state index contributed by atoms with van der Waals surface area (Å²) in [6, 6.07) is 13.5. The number of benzene rings is 1. The Morgan fingerprint density at radius 1 is 1.16 bits per heavy atom. The first-order chi connectivity index (χ1) is 12.1. The van der Waals surface area contributed by atoms with Crippen molar-refractivity contribution >= 4 is 17.7 Å². The summed E-state index contributed by atoms with van der Waals surface area (Å²) in [5.41, 5.74) is 3.17. The molecule has 0 saturated carbocycles. The maximum atomic E-state index is 5.99.